The molecule has 2 unspecified atom stereocenters. The van der Waals surface area contributed by atoms with E-state index in [9.17, 15) is 0 Å². The smallest absolute Gasteiger partial charge is 0.0354 e. The average molecular weight is 900 g/mol. The Morgan fingerprint density at radius 1 is 0.444 bits per heavy atom. The van der Waals surface area contributed by atoms with Crippen molar-refractivity contribution in [2.75, 3.05) is 0 Å². The van der Waals surface area contributed by atoms with E-state index in [1.54, 1.807) is 0 Å². The van der Waals surface area contributed by atoms with E-state index in [4.69, 9.17) is 0 Å². The molecule has 0 heterocycles. The standard InChI is InChI=1S/8C6H14.3C5H10/c2*1-5-6(2,3)4;1-5(2)6(3)4;2*1-4-5-6(2)3;2*1-4-6(3)5-2;1-3-5-6-4-2;1-5(2)3-4-5;1-4-3-5(4)2;1-2-5-3-4-5/h2*5H2,1-4H3;5-6H,1-4H3;4*6H,4-5H2,1-3H3;3-6H2,1-2H3;3-4H2,1-2H3;4-5H,3H2,1-2H3;5H,2-4H2,1H3. The zero-order valence-electron chi connectivity index (χ0n) is 51.8. The summed E-state index contributed by atoms with van der Waals surface area (Å²) in [4.78, 5) is 0. The van der Waals surface area contributed by atoms with Gasteiger partial charge in [0.15, 0.2) is 0 Å². The SMILES string of the molecule is CC(C)C(C)C.CC1(C)CC1.CC1CC1C.CCC(C)(C)C.CCC(C)(C)C.CCC(C)CC.CCC(C)CC.CCC1CC1.CCCC(C)C.CCCC(C)C.CCCCCC. The summed E-state index contributed by atoms with van der Waals surface area (Å²) in [6, 6.07) is 0. The van der Waals surface area contributed by atoms with Crippen molar-refractivity contribution < 1.29 is 0 Å². The normalized spacial score (nSPS) is 16.1. The van der Waals surface area contributed by atoms with Crippen LogP contribution in [0.3, 0.4) is 0 Å². The van der Waals surface area contributed by atoms with Crippen molar-refractivity contribution in [2.45, 2.75) is 343 Å². The summed E-state index contributed by atoms with van der Waals surface area (Å²) >= 11 is 0. The molecule has 2 atom stereocenters. The minimum Gasteiger partial charge on any atom is -0.0654 e. The van der Waals surface area contributed by atoms with E-state index in [0.717, 1.165) is 58.7 Å². The molecule has 0 nitrogen and oxygen atoms in total. The summed E-state index contributed by atoms with van der Waals surface area (Å²) in [5.41, 5.74) is 1.83. The van der Waals surface area contributed by atoms with Crippen LogP contribution in [-0.4, -0.2) is 0 Å². The molecule has 3 rings (SSSR count). The van der Waals surface area contributed by atoms with Crippen molar-refractivity contribution >= 4 is 0 Å². The first-order chi connectivity index (χ1) is 28.8. The fraction of sp³-hybridized carbons (Fsp3) is 1.00. The molecule has 63 heavy (non-hydrogen) atoms. The second kappa shape index (κ2) is 54.6. The minimum atomic E-state index is 0.542. The molecular formula is C63H142. The Balaban J connectivity index is -0.0000000880. The van der Waals surface area contributed by atoms with Crippen molar-refractivity contribution in [3.05, 3.63) is 0 Å². The third-order valence-electron chi connectivity index (χ3n) is 13.0. The maximum Gasteiger partial charge on any atom is -0.0354 e. The van der Waals surface area contributed by atoms with Gasteiger partial charge in [0, 0.05) is 0 Å². The van der Waals surface area contributed by atoms with E-state index in [2.05, 4.69) is 215 Å². The summed E-state index contributed by atoms with van der Waals surface area (Å²) in [5.74, 6) is 8.61. The number of hydrogen-bond acceptors (Lipinski definition) is 0. The third kappa shape index (κ3) is 121. The highest BCUT2D eigenvalue weighted by atomic mass is 14.4. The summed E-state index contributed by atoms with van der Waals surface area (Å²) in [5, 5.41) is 0. The topological polar surface area (TPSA) is 0 Å². The van der Waals surface area contributed by atoms with Gasteiger partial charge >= 0.3 is 0 Å². The largest absolute Gasteiger partial charge is 0.0654 e. The Kier molecular flexibility index (Phi) is 69.4. The van der Waals surface area contributed by atoms with Crippen molar-refractivity contribution in [3.63, 3.8) is 0 Å². The van der Waals surface area contributed by atoms with Crippen LogP contribution in [0.25, 0.3) is 0 Å². The van der Waals surface area contributed by atoms with Gasteiger partial charge in [-0.05, 0) is 88.8 Å². The van der Waals surface area contributed by atoms with Crippen LogP contribution in [0.5, 0.6) is 0 Å². The monoisotopic (exact) mass is 899 g/mol. The van der Waals surface area contributed by atoms with Crippen LogP contribution in [-0.2, 0) is 0 Å². The number of hydrogen-bond donors (Lipinski definition) is 0. The van der Waals surface area contributed by atoms with Gasteiger partial charge in [0.05, 0.1) is 0 Å². The molecule has 0 spiro atoms. The molecule has 0 aromatic carbocycles. The van der Waals surface area contributed by atoms with Crippen LogP contribution in [0, 0.1) is 69.5 Å². The van der Waals surface area contributed by atoms with Gasteiger partial charge in [0.25, 0.3) is 0 Å². The highest BCUT2D eigenvalue weighted by Gasteiger charge is 2.30. The molecule has 0 aromatic rings. The highest BCUT2D eigenvalue weighted by Crippen LogP contribution is 2.43. The number of rotatable bonds is 13. The molecule has 3 saturated carbocycles. The first-order valence-electron chi connectivity index (χ1n) is 28.8. The van der Waals surface area contributed by atoms with Crippen molar-refractivity contribution in [3.8, 4) is 0 Å². The second-order valence-corrected chi connectivity index (χ2v) is 24.9. The van der Waals surface area contributed by atoms with Crippen molar-refractivity contribution in [2.24, 2.45) is 69.5 Å². The van der Waals surface area contributed by atoms with E-state index >= 15 is 0 Å². The second-order valence-electron chi connectivity index (χ2n) is 24.9. The predicted molar refractivity (Wildman–Crippen MR) is 307 cm³/mol. The van der Waals surface area contributed by atoms with Gasteiger partial charge < -0.3 is 0 Å². The van der Waals surface area contributed by atoms with Crippen molar-refractivity contribution in [1.82, 2.24) is 0 Å². The van der Waals surface area contributed by atoms with Gasteiger partial charge in [0.2, 0.25) is 0 Å². The maximum atomic E-state index is 2.30. The molecule has 0 bridgehead atoms. The minimum absolute atomic E-state index is 0.542. The van der Waals surface area contributed by atoms with E-state index in [1.165, 1.54) is 128 Å². The molecule has 0 aliphatic heterocycles. The lowest BCUT2D eigenvalue weighted by Crippen LogP contribution is -2.00. The lowest BCUT2D eigenvalue weighted by atomic mass is 9.94. The van der Waals surface area contributed by atoms with Crippen LogP contribution < -0.4 is 0 Å². The Bertz CT molecular complexity index is 684. The van der Waals surface area contributed by atoms with E-state index in [-0.39, 0.29) is 0 Å². The molecule has 0 N–H and O–H groups in total. The Morgan fingerprint density at radius 2 is 0.667 bits per heavy atom. The summed E-state index contributed by atoms with van der Waals surface area (Å²) in [7, 11) is 0. The van der Waals surface area contributed by atoms with E-state index in [1.807, 2.05) is 0 Å². The maximum absolute atomic E-state index is 2.30. The molecule has 3 aliphatic carbocycles. The average Bonchev–Trinajstić information content (AvgIpc) is 4.16. The van der Waals surface area contributed by atoms with Crippen molar-refractivity contribution in [1.29, 1.82) is 0 Å². The Labute approximate surface area is 410 Å². The van der Waals surface area contributed by atoms with Crippen LogP contribution in [0.4, 0.5) is 0 Å². The van der Waals surface area contributed by atoms with Crippen LogP contribution in [0.15, 0.2) is 0 Å². The molecule has 394 valence electrons. The fourth-order valence-corrected chi connectivity index (χ4v) is 3.52. The zero-order chi connectivity index (χ0) is 51.8. The summed E-state index contributed by atoms with van der Waals surface area (Å²) in [6.45, 7) is 69.7. The molecule has 0 heteroatoms. The lowest BCUT2D eigenvalue weighted by molar-refractivity contribution is 0.397. The first kappa shape index (κ1) is 80.1. The molecule has 0 radical (unpaired) electrons. The van der Waals surface area contributed by atoms with Gasteiger partial charge in [0.1, 0.15) is 0 Å². The van der Waals surface area contributed by atoms with Gasteiger partial charge in [-0.2, -0.15) is 0 Å². The highest BCUT2D eigenvalue weighted by molar-refractivity contribution is 4.82. The van der Waals surface area contributed by atoms with E-state index < -0.39 is 0 Å². The first-order valence-corrected chi connectivity index (χ1v) is 28.8. The quantitative estimate of drug-likeness (QED) is 0.162. The van der Waals surface area contributed by atoms with Gasteiger partial charge in [-0.3, -0.25) is 0 Å². The van der Waals surface area contributed by atoms with Crippen LogP contribution in [0.1, 0.15) is 343 Å². The molecular weight excluding hydrogens is 757 g/mol. The summed E-state index contributed by atoms with van der Waals surface area (Å²) in [6.07, 6.45) is 27.6. The molecule has 3 aliphatic rings. The van der Waals surface area contributed by atoms with Gasteiger partial charge in [-0.1, -0.05) is 324 Å². The third-order valence-corrected chi connectivity index (χ3v) is 13.0. The Hall–Kier alpha value is 0. The summed E-state index contributed by atoms with van der Waals surface area (Å²) < 4.78 is 0. The van der Waals surface area contributed by atoms with Gasteiger partial charge in [-0.15, -0.1) is 0 Å². The van der Waals surface area contributed by atoms with Crippen LogP contribution >= 0.6 is 0 Å². The fourth-order valence-electron chi connectivity index (χ4n) is 3.52. The van der Waals surface area contributed by atoms with Crippen LogP contribution in [0.2, 0.25) is 0 Å². The lowest BCUT2D eigenvalue weighted by Gasteiger charge is -2.12. The predicted octanol–water partition coefficient (Wildman–Crippen LogP) is 24.8. The van der Waals surface area contributed by atoms with E-state index in [0.29, 0.717) is 10.8 Å². The molecule has 0 saturated heterocycles. The Morgan fingerprint density at radius 3 is 0.683 bits per heavy atom. The zero-order valence-corrected chi connectivity index (χ0v) is 51.8. The molecule has 0 aromatic heterocycles. The number of unbranched alkanes of at least 4 members (excludes halogenated alkanes) is 3. The van der Waals surface area contributed by atoms with Gasteiger partial charge in [-0.25, -0.2) is 0 Å². The molecule has 3 fully saturated rings. The molecule has 0 amide bonds.